The van der Waals surface area contributed by atoms with Gasteiger partial charge in [-0.2, -0.15) is 0 Å². The summed E-state index contributed by atoms with van der Waals surface area (Å²) in [5.41, 5.74) is 0.776. The fourth-order valence-corrected chi connectivity index (χ4v) is 2.30. The minimum Gasteiger partial charge on any atom is -0.306 e. The number of halogens is 3. The van der Waals surface area contributed by atoms with E-state index in [0.717, 1.165) is 6.42 Å². The van der Waals surface area contributed by atoms with Gasteiger partial charge in [-0.25, -0.2) is 8.78 Å². The molecule has 0 aliphatic carbocycles. The maximum atomic E-state index is 14.0. The first-order valence-corrected chi connectivity index (χ1v) is 6.94. The van der Waals surface area contributed by atoms with E-state index in [0.29, 0.717) is 22.7 Å². The third kappa shape index (κ3) is 3.35. The Morgan fingerprint density at radius 1 is 1.05 bits per heavy atom. The molecule has 4 heteroatoms. The van der Waals surface area contributed by atoms with Gasteiger partial charge in [-0.3, -0.25) is 0 Å². The molecule has 20 heavy (non-hydrogen) atoms. The van der Waals surface area contributed by atoms with Crippen LogP contribution in [0.25, 0.3) is 0 Å². The van der Waals surface area contributed by atoms with Gasteiger partial charge < -0.3 is 5.32 Å². The van der Waals surface area contributed by atoms with Crippen LogP contribution in [0, 0.1) is 11.6 Å². The largest absolute Gasteiger partial charge is 0.306 e. The van der Waals surface area contributed by atoms with Crippen LogP contribution in [0.3, 0.4) is 0 Å². The molecule has 1 N–H and O–H groups in total. The maximum absolute atomic E-state index is 14.0. The van der Waals surface area contributed by atoms with E-state index in [1.54, 1.807) is 18.2 Å². The summed E-state index contributed by atoms with van der Waals surface area (Å²) in [6.07, 6.45) is 0.868. The zero-order valence-corrected chi connectivity index (χ0v) is 11.9. The van der Waals surface area contributed by atoms with Crippen LogP contribution in [0.1, 0.15) is 30.5 Å². The smallest absolute Gasteiger partial charge is 0.128 e. The summed E-state index contributed by atoms with van der Waals surface area (Å²) in [7, 11) is 0. The van der Waals surface area contributed by atoms with Crippen molar-refractivity contribution in [3.8, 4) is 0 Å². The molecule has 2 rings (SSSR count). The zero-order valence-electron chi connectivity index (χ0n) is 11.2. The molecule has 0 aliphatic heterocycles. The Morgan fingerprint density at radius 2 is 1.75 bits per heavy atom. The molecule has 1 unspecified atom stereocenters. The number of hydrogen-bond donors (Lipinski definition) is 1. The van der Waals surface area contributed by atoms with Crippen LogP contribution in [0.4, 0.5) is 8.78 Å². The normalized spacial score (nSPS) is 12.4. The zero-order chi connectivity index (χ0) is 14.5. The highest BCUT2D eigenvalue weighted by atomic mass is 35.5. The standard InChI is InChI=1S/C16H16ClF2N/c1-2-9-20-16(12-5-3-4-6-14(12)18)13-10-11(17)7-8-15(13)19/h3-8,10,16,20H,2,9H2,1H3. The first kappa shape index (κ1) is 14.9. The first-order valence-electron chi connectivity index (χ1n) is 6.56. The Bertz CT molecular complexity index is 586. The second-order valence-corrected chi connectivity index (χ2v) is 5.01. The summed E-state index contributed by atoms with van der Waals surface area (Å²) in [6.45, 7) is 2.66. The van der Waals surface area contributed by atoms with Gasteiger partial charge in [0, 0.05) is 16.1 Å². The molecule has 0 heterocycles. The Labute approximate surface area is 122 Å². The molecule has 0 amide bonds. The van der Waals surface area contributed by atoms with E-state index in [-0.39, 0.29) is 5.82 Å². The number of benzene rings is 2. The molecule has 2 aromatic rings. The van der Waals surface area contributed by atoms with Gasteiger partial charge in [-0.15, -0.1) is 0 Å². The maximum Gasteiger partial charge on any atom is 0.128 e. The second kappa shape index (κ2) is 6.82. The monoisotopic (exact) mass is 295 g/mol. The Kier molecular flexibility index (Phi) is 5.10. The highest BCUT2D eigenvalue weighted by Crippen LogP contribution is 2.28. The molecular weight excluding hydrogens is 280 g/mol. The molecule has 1 atom stereocenters. The molecule has 0 saturated heterocycles. The van der Waals surface area contributed by atoms with Crippen LogP contribution in [-0.2, 0) is 0 Å². The highest BCUT2D eigenvalue weighted by molar-refractivity contribution is 6.30. The van der Waals surface area contributed by atoms with Crippen LogP contribution >= 0.6 is 11.6 Å². The SMILES string of the molecule is CCCNC(c1ccccc1F)c1cc(Cl)ccc1F. The van der Waals surface area contributed by atoms with Crippen LogP contribution in [-0.4, -0.2) is 6.54 Å². The van der Waals surface area contributed by atoms with Crippen molar-refractivity contribution < 1.29 is 8.78 Å². The van der Waals surface area contributed by atoms with Gasteiger partial charge in [0.25, 0.3) is 0 Å². The lowest BCUT2D eigenvalue weighted by molar-refractivity contribution is 0.520. The van der Waals surface area contributed by atoms with Gasteiger partial charge in [-0.1, -0.05) is 36.7 Å². The van der Waals surface area contributed by atoms with Crippen LogP contribution in [0.15, 0.2) is 42.5 Å². The molecule has 1 nitrogen and oxygen atoms in total. The van der Waals surface area contributed by atoms with Crippen LogP contribution in [0.2, 0.25) is 5.02 Å². The Balaban J connectivity index is 2.47. The minimum atomic E-state index is -0.546. The third-order valence-electron chi connectivity index (χ3n) is 3.08. The van der Waals surface area contributed by atoms with Gasteiger partial charge >= 0.3 is 0 Å². The quantitative estimate of drug-likeness (QED) is 0.842. The Hall–Kier alpha value is -1.45. The second-order valence-electron chi connectivity index (χ2n) is 4.57. The summed E-state index contributed by atoms with van der Waals surface area (Å²) in [6, 6.07) is 10.2. The number of nitrogens with one attached hydrogen (secondary N) is 1. The summed E-state index contributed by atoms with van der Waals surface area (Å²) in [5, 5.41) is 3.60. The highest BCUT2D eigenvalue weighted by Gasteiger charge is 2.20. The van der Waals surface area contributed by atoms with E-state index >= 15 is 0 Å². The molecule has 106 valence electrons. The molecule has 0 bridgehead atoms. The summed E-state index contributed by atoms with van der Waals surface area (Å²) in [5.74, 6) is -0.758. The van der Waals surface area contributed by atoms with Gasteiger partial charge in [0.2, 0.25) is 0 Å². The van der Waals surface area contributed by atoms with E-state index < -0.39 is 11.9 Å². The lowest BCUT2D eigenvalue weighted by Gasteiger charge is -2.21. The molecule has 0 aromatic heterocycles. The third-order valence-corrected chi connectivity index (χ3v) is 3.32. The van der Waals surface area contributed by atoms with E-state index in [9.17, 15) is 8.78 Å². The fourth-order valence-electron chi connectivity index (χ4n) is 2.12. The molecule has 2 aromatic carbocycles. The van der Waals surface area contributed by atoms with Gasteiger partial charge in [0.15, 0.2) is 0 Å². The predicted molar refractivity (Wildman–Crippen MR) is 77.9 cm³/mol. The fraction of sp³-hybridized carbons (Fsp3) is 0.250. The van der Waals surface area contributed by atoms with E-state index in [4.69, 9.17) is 11.6 Å². The average Bonchev–Trinajstić information content (AvgIpc) is 2.44. The van der Waals surface area contributed by atoms with Crippen molar-refractivity contribution in [1.82, 2.24) is 5.32 Å². The van der Waals surface area contributed by atoms with Crippen molar-refractivity contribution in [2.75, 3.05) is 6.54 Å². The van der Waals surface area contributed by atoms with E-state index in [2.05, 4.69) is 5.32 Å². The molecule has 0 spiro atoms. The summed E-state index contributed by atoms with van der Waals surface area (Å²) < 4.78 is 28.0. The summed E-state index contributed by atoms with van der Waals surface area (Å²) in [4.78, 5) is 0. The van der Waals surface area contributed by atoms with Crippen LogP contribution < -0.4 is 5.32 Å². The van der Waals surface area contributed by atoms with Crippen molar-refractivity contribution in [1.29, 1.82) is 0 Å². The molecule has 0 fully saturated rings. The van der Waals surface area contributed by atoms with Crippen molar-refractivity contribution in [3.63, 3.8) is 0 Å². The molecule has 0 saturated carbocycles. The van der Waals surface area contributed by atoms with Crippen molar-refractivity contribution >= 4 is 11.6 Å². The van der Waals surface area contributed by atoms with Gasteiger partial charge in [0.05, 0.1) is 6.04 Å². The van der Waals surface area contributed by atoms with Crippen molar-refractivity contribution in [2.45, 2.75) is 19.4 Å². The number of hydrogen-bond acceptors (Lipinski definition) is 1. The molecular formula is C16H16ClF2N. The first-order chi connectivity index (χ1) is 9.63. The van der Waals surface area contributed by atoms with E-state index in [1.807, 2.05) is 6.92 Å². The predicted octanol–water partition coefficient (Wildman–Crippen LogP) is 4.71. The average molecular weight is 296 g/mol. The topological polar surface area (TPSA) is 12.0 Å². The number of rotatable bonds is 5. The van der Waals surface area contributed by atoms with Gasteiger partial charge in [0.1, 0.15) is 11.6 Å². The molecule has 0 radical (unpaired) electrons. The van der Waals surface area contributed by atoms with Crippen molar-refractivity contribution in [3.05, 3.63) is 70.2 Å². The summed E-state index contributed by atoms with van der Waals surface area (Å²) >= 11 is 5.93. The van der Waals surface area contributed by atoms with Gasteiger partial charge in [-0.05, 0) is 37.2 Å². The van der Waals surface area contributed by atoms with Crippen molar-refractivity contribution in [2.24, 2.45) is 0 Å². The lowest BCUT2D eigenvalue weighted by Crippen LogP contribution is -2.25. The van der Waals surface area contributed by atoms with E-state index in [1.165, 1.54) is 24.3 Å². The Morgan fingerprint density at radius 3 is 2.45 bits per heavy atom. The minimum absolute atomic E-state index is 0.357. The lowest BCUT2D eigenvalue weighted by atomic mass is 9.97. The molecule has 0 aliphatic rings. The van der Waals surface area contributed by atoms with Crippen LogP contribution in [0.5, 0.6) is 0 Å².